The maximum atomic E-state index is 11.0. The van der Waals surface area contributed by atoms with E-state index in [1.165, 1.54) is 6.08 Å². The number of nitro groups is 2. The molecule has 1 atom stereocenters. The second-order valence-electron chi connectivity index (χ2n) is 10.3. The number of benzene rings is 2. The second-order valence-corrected chi connectivity index (χ2v) is 17.0. The third-order valence-electron chi connectivity index (χ3n) is 6.49. The fraction of sp³-hybridized carbons (Fsp3) is 0.588. The predicted molar refractivity (Wildman–Crippen MR) is 205 cm³/mol. The molecule has 0 fully saturated rings. The van der Waals surface area contributed by atoms with Crippen LogP contribution in [-0.4, -0.2) is 85.9 Å². The van der Waals surface area contributed by atoms with Gasteiger partial charge >= 0.3 is 17.6 Å². The zero-order valence-electron chi connectivity index (χ0n) is 30.7. The minimum atomic E-state index is -2.63. The van der Waals surface area contributed by atoms with Crippen molar-refractivity contribution >= 4 is 35.4 Å². The van der Waals surface area contributed by atoms with Crippen molar-refractivity contribution in [1.82, 2.24) is 0 Å². The van der Waals surface area contributed by atoms with Crippen molar-refractivity contribution in [1.29, 1.82) is 0 Å². The summed E-state index contributed by atoms with van der Waals surface area (Å²) in [5, 5.41) is 20.7. The molecule has 0 radical (unpaired) electrons. The van der Waals surface area contributed by atoms with Gasteiger partial charge in [-0.05, 0) is 77.8 Å². The summed E-state index contributed by atoms with van der Waals surface area (Å²) in [6, 6.07) is 20.3. The number of hydrogen-bond donors (Lipinski definition) is 1. The van der Waals surface area contributed by atoms with E-state index in [1.54, 1.807) is 23.9 Å². The number of nitrogens with zero attached hydrogens (tertiary/aromatic N) is 2. The van der Waals surface area contributed by atoms with Gasteiger partial charge < -0.3 is 32.3 Å². The van der Waals surface area contributed by atoms with Gasteiger partial charge in [0.2, 0.25) is 12.7 Å². The third-order valence-corrected chi connectivity index (χ3v) is 14.1. The van der Waals surface area contributed by atoms with Gasteiger partial charge in [-0.3, -0.25) is 20.2 Å². The van der Waals surface area contributed by atoms with E-state index in [2.05, 4.69) is 0 Å². The number of thioether (sulfide) groups is 1. The maximum absolute atomic E-state index is 11.0. The minimum absolute atomic E-state index is 0.0698. The minimum Gasteiger partial charge on any atom is -0.374 e. The van der Waals surface area contributed by atoms with E-state index in [4.69, 9.17) is 32.3 Å². The summed E-state index contributed by atoms with van der Waals surface area (Å²) in [6.45, 7) is 15.9. The van der Waals surface area contributed by atoms with Crippen LogP contribution in [0.1, 0.15) is 70.8 Å². The molecule has 16 heteroatoms. The Kier molecular flexibility index (Phi) is 28.6. The molecule has 284 valence electrons. The quantitative estimate of drug-likeness (QED) is 0.0459. The lowest BCUT2D eigenvalue weighted by Crippen LogP contribution is -2.46. The fourth-order valence-electron chi connectivity index (χ4n) is 4.60. The lowest BCUT2D eigenvalue weighted by atomic mass is 10.1. The highest BCUT2D eigenvalue weighted by molar-refractivity contribution is 7.99. The van der Waals surface area contributed by atoms with Crippen LogP contribution in [0.3, 0.4) is 0 Å². The van der Waals surface area contributed by atoms with Gasteiger partial charge in [0.05, 0.1) is 10.2 Å². The van der Waals surface area contributed by atoms with Crippen LogP contribution < -0.4 is 5.73 Å². The summed E-state index contributed by atoms with van der Waals surface area (Å²) in [4.78, 5) is 20.1. The Morgan fingerprint density at radius 2 is 1.12 bits per heavy atom. The molecular weight excluding hydrogens is 699 g/mol. The van der Waals surface area contributed by atoms with Gasteiger partial charge in [-0.25, -0.2) is 0 Å². The molecule has 0 heterocycles. The molecule has 0 amide bonds. The molecule has 0 aliphatic rings. The molecule has 0 saturated carbocycles. The first-order chi connectivity index (χ1) is 24.1. The number of hydrogen-bond acceptors (Lipinski definition) is 12. The van der Waals surface area contributed by atoms with Gasteiger partial charge in [-0.15, -0.1) is 11.8 Å². The monoisotopic (exact) mass is 757 g/mol. The van der Waals surface area contributed by atoms with E-state index in [9.17, 15) is 20.2 Å². The Balaban J connectivity index is 0.000000805. The number of rotatable bonds is 25. The van der Waals surface area contributed by atoms with Crippen LogP contribution in [0.25, 0.3) is 6.08 Å². The summed E-state index contributed by atoms with van der Waals surface area (Å²) in [5.41, 5.74) is 7.31. The summed E-state index contributed by atoms with van der Waals surface area (Å²) < 4.78 is 34.5. The molecule has 2 N–H and O–H groups in total. The molecule has 2 aromatic rings. The highest BCUT2D eigenvalue weighted by Crippen LogP contribution is 2.31. The van der Waals surface area contributed by atoms with Crippen LogP contribution in [0.5, 0.6) is 0 Å². The topological polar surface area (TPSA) is 168 Å². The normalized spacial score (nSPS) is 12.1. The van der Waals surface area contributed by atoms with Gasteiger partial charge in [0, 0.05) is 62.7 Å². The zero-order valence-corrected chi connectivity index (χ0v) is 33.5. The van der Waals surface area contributed by atoms with Crippen LogP contribution in [0.15, 0.2) is 66.9 Å². The van der Waals surface area contributed by atoms with Gasteiger partial charge in [0.15, 0.2) is 0 Å². The summed E-state index contributed by atoms with van der Waals surface area (Å²) in [6.07, 6.45) is 4.12. The lowest BCUT2D eigenvalue weighted by Gasteiger charge is -2.28. The maximum Gasteiger partial charge on any atom is 0.500 e. The molecule has 1 unspecified atom stereocenters. The largest absolute Gasteiger partial charge is 0.500 e. The second kappa shape index (κ2) is 30.1. The van der Waals surface area contributed by atoms with Crippen LogP contribution in [0, 0.1) is 20.2 Å². The fourth-order valence-corrected chi connectivity index (χ4v) is 11.3. The predicted octanol–water partition coefficient (Wildman–Crippen LogP) is 7.49. The zero-order chi connectivity index (χ0) is 37.5. The van der Waals surface area contributed by atoms with Crippen molar-refractivity contribution in [2.24, 2.45) is 5.73 Å². The Morgan fingerprint density at radius 1 is 0.700 bits per heavy atom. The van der Waals surface area contributed by atoms with E-state index in [1.807, 2.05) is 90.1 Å². The van der Waals surface area contributed by atoms with Gasteiger partial charge in [-0.2, -0.15) is 0 Å². The van der Waals surface area contributed by atoms with Crippen LogP contribution in [-0.2, 0) is 26.6 Å². The van der Waals surface area contributed by atoms with Crippen molar-refractivity contribution in [2.75, 3.05) is 58.5 Å². The molecule has 0 aliphatic heterocycles. The average Bonchev–Trinajstić information content (AvgIpc) is 3.10. The van der Waals surface area contributed by atoms with Crippen molar-refractivity contribution in [3.8, 4) is 0 Å². The van der Waals surface area contributed by atoms with Gasteiger partial charge in [0.1, 0.15) is 0 Å². The first kappa shape index (κ1) is 47.5. The first-order valence-electron chi connectivity index (χ1n) is 17.3. The van der Waals surface area contributed by atoms with Crippen LogP contribution in [0.4, 0.5) is 0 Å². The first-order valence-corrected chi connectivity index (χ1v) is 22.2. The molecule has 2 aromatic carbocycles. The Bertz CT molecular complexity index is 1120. The van der Waals surface area contributed by atoms with Crippen molar-refractivity contribution in [2.45, 2.75) is 71.7 Å². The molecule has 13 nitrogen and oxygen atoms in total. The van der Waals surface area contributed by atoms with Crippen LogP contribution >= 0.6 is 11.8 Å². The molecule has 0 aromatic heterocycles. The number of nitrogens with two attached hydrogens (primary N) is 1. The third kappa shape index (κ3) is 22.3. The van der Waals surface area contributed by atoms with Crippen molar-refractivity contribution < 1.29 is 36.4 Å². The molecule has 0 spiro atoms. The smallest absolute Gasteiger partial charge is 0.374 e. The molecule has 2 rings (SSSR count). The van der Waals surface area contributed by atoms with E-state index < -0.39 is 22.5 Å². The Labute approximate surface area is 305 Å². The average molecular weight is 758 g/mol. The standard InChI is InChI=1S/C17H29NO5SSi.C9H23NO3Si.C8H7NO2/c1-4-21-25(22-5-2,23-6-3)14-10-13-24-17(15-18(19)20)16-11-8-7-9-12-16;1-4-11-14(12-5-2,13-6-3)9-7-8-10;10-9(11)7-6-8-4-2-1-3-5-8/h7-9,11-12,17H,4-6,10,13-15H2,1-3H3;4-10H2,1-3H3;1-7H/b;;7-6+. The summed E-state index contributed by atoms with van der Waals surface area (Å²) in [5.74, 6) is 0.801. The lowest BCUT2D eigenvalue weighted by molar-refractivity contribution is -0.479. The van der Waals surface area contributed by atoms with E-state index in [-0.39, 0.29) is 16.7 Å². The molecular formula is C34H59N3O10SSi2. The van der Waals surface area contributed by atoms with E-state index in [0.717, 1.165) is 48.0 Å². The van der Waals surface area contributed by atoms with Gasteiger partial charge in [0.25, 0.3) is 0 Å². The SMILES string of the molecule is CCO[Si](CCCN)(OCC)OCC.CCO[Si](CCCSC(C[N+](=O)[O-])c1ccccc1)(OCC)OCC.O=[N+]([O-])/C=C/c1ccccc1. The van der Waals surface area contributed by atoms with Crippen molar-refractivity contribution in [3.05, 3.63) is 98.2 Å². The summed E-state index contributed by atoms with van der Waals surface area (Å²) >= 11 is 1.61. The van der Waals surface area contributed by atoms with E-state index in [0.29, 0.717) is 46.2 Å². The molecule has 0 aliphatic carbocycles. The summed E-state index contributed by atoms with van der Waals surface area (Å²) in [7, 11) is -5.02. The molecule has 0 saturated heterocycles. The van der Waals surface area contributed by atoms with Gasteiger partial charge in [-0.1, -0.05) is 60.7 Å². The molecule has 50 heavy (non-hydrogen) atoms. The van der Waals surface area contributed by atoms with Crippen molar-refractivity contribution in [3.63, 3.8) is 0 Å². The highest BCUT2D eigenvalue weighted by Gasteiger charge is 2.40. The van der Waals surface area contributed by atoms with Crippen LogP contribution in [0.2, 0.25) is 12.1 Å². The van der Waals surface area contributed by atoms with E-state index >= 15 is 0 Å². The highest BCUT2D eigenvalue weighted by atomic mass is 32.2. The Morgan fingerprint density at radius 3 is 1.50 bits per heavy atom. The Hall–Kier alpha value is -2.52. The molecule has 0 bridgehead atoms.